The molecule has 0 aliphatic rings. The Labute approximate surface area is 188 Å². The van der Waals surface area contributed by atoms with Crippen molar-refractivity contribution in [2.75, 3.05) is 5.32 Å². The third-order valence-electron chi connectivity index (χ3n) is 5.63. The predicted molar refractivity (Wildman–Crippen MR) is 128 cm³/mol. The number of anilines is 1. The molecule has 164 valence electrons. The van der Waals surface area contributed by atoms with E-state index in [1.54, 1.807) is 6.92 Å². The summed E-state index contributed by atoms with van der Waals surface area (Å²) in [7, 11) is 0. The van der Waals surface area contributed by atoms with Crippen LogP contribution in [0.4, 0.5) is 5.69 Å². The molecule has 0 aliphatic heterocycles. The van der Waals surface area contributed by atoms with Gasteiger partial charge in [-0.05, 0) is 56.9 Å². The Morgan fingerprint density at radius 2 is 1.75 bits per heavy atom. The van der Waals surface area contributed by atoms with Gasteiger partial charge < -0.3 is 10.1 Å². The van der Waals surface area contributed by atoms with Gasteiger partial charge >= 0.3 is 0 Å². The monoisotopic (exact) mass is 428 g/mol. The Bertz CT molecular complexity index is 1260. The van der Waals surface area contributed by atoms with Crippen molar-refractivity contribution in [2.45, 2.75) is 47.3 Å². The molecule has 0 unspecified atom stereocenters. The molecule has 0 bridgehead atoms. The number of pyridine rings is 1. The minimum Gasteiger partial charge on any atom is -0.464 e. The number of hydrogen-bond donors (Lipinski definition) is 1. The highest BCUT2D eigenvalue weighted by atomic mass is 16.5. The molecule has 0 aliphatic carbocycles. The highest BCUT2D eigenvalue weighted by molar-refractivity contribution is 5.97. The molecule has 1 amide bonds. The lowest BCUT2D eigenvalue weighted by atomic mass is 10.0. The summed E-state index contributed by atoms with van der Waals surface area (Å²) < 4.78 is 7.91. The van der Waals surface area contributed by atoms with Crippen molar-refractivity contribution in [3.8, 4) is 17.0 Å². The first kappa shape index (κ1) is 21.6. The Morgan fingerprint density at radius 3 is 2.41 bits per heavy atom. The lowest BCUT2D eigenvalue weighted by Crippen LogP contribution is -2.31. The number of fused-ring (bicyclic) bond motifs is 1. The van der Waals surface area contributed by atoms with Gasteiger partial charge in [0.25, 0.3) is 5.91 Å². The molecule has 0 saturated heterocycles. The van der Waals surface area contributed by atoms with Crippen LogP contribution in [0.15, 0.2) is 54.6 Å². The molecule has 32 heavy (non-hydrogen) atoms. The van der Waals surface area contributed by atoms with Crippen molar-refractivity contribution in [1.82, 2.24) is 14.8 Å². The zero-order valence-corrected chi connectivity index (χ0v) is 19.1. The van der Waals surface area contributed by atoms with Gasteiger partial charge in [0.1, 0.15) is 0 Å². The van der Waals surface area contributed by atoms with Crippen molar-refractivity contribution in [1.29, 1.82) is 0 Å². The molecular formula is C26H28N4O2. The van der Waals surface area contributed by atoms with E-state index in [1.807, 2.05) is 74.8 Å². The van der Waals surface area contributed by atoms with Gasteiger partial charge in [-0.25, -0.2) is 4.68 Å². The molecule has 2 aromatic carbocycles. The molecule has 2 aromatic heterocycles. The zero-order valence-electron chi connectivity index (χ0n) is 19.1. The van der Waals surface area contributed by atoms with E-state index in [4.69, 9.17) is 9.72 Å². The number of rotatable bonds is 6. The Hall–Kier alpha value is -3.67. The van der Waals surface area contributed by atoms with Crippen molar-refractivity contribution >= 4 is 22.6 Å². The van der Waals surface area contributed by atoms with Crippen molar-refractivity contribution in [2.24, 2.45) is 0 Å². The summed E-state index contributed by atoms with van der Waals surface area (Å²) in [6, 6.07) is 17.9. The largest absolute Gasteiger partial charge is 0.464 e. The van der Waals surface area contributed by atoms with Gasteiger partial charge in [-0.15, -0.1) is 0 Å². The van der Waals surface area contributed by atoms with Gasteiger partial charge in [0.15, 0.2) is 11.8 Å². The number of benzene rings is 2. The van der Waals surface area contributed by atoms with Crippen molar-refractivity contribution in [3.05, 3.63) is 71.4 Å². The predicted octanol–water partition coefficient (Wildman–Crippen LogP) is 5.45. The summed E-state index contributed by atoms with van der Waals surface area (Å²) >= 11 is 0. The molecule has 2 heterocycles. The van der Waals surface area contributed by atoms with Gasteiger partial charge in [0, 0.05) is 18.3 Å². The molecule has 1 N–H and O–H groups in total. The standard InChI is InChI=1S/C26H28N4O2/c1-6-30-25-23(18(4)29-30)21(20-13-8-7-9-14-20)15-22(27-25)32-19(5)26(31)28-24-16(2)11-10-12-17(24)3/h7-15,19H,6H2,1-5H3,(H,28,31)/t19-/m0/s1. The number of nitrogens with one attached hydrogen (secondary N) is 1. The number of aromatic nitrogens is 3. The van der Waals surface area contributed by atoms with Crippen LogP contribution in [0, 0.1) is 20.8 Å². The Morgan fingerprint density at radius 1 is 1.06 bits per heavy atom. The van der Waals surface area contributed by atoms with Crippen LogP contribution >= 0.6 is 0 Å². The Kier molecular flexibility index (Phi) is 5.95. The van der Waals surface area contributed by atoms with E-state index in [1.165, 1.54) is 0 Å². The number of hydrogen-bond acceptors (Lipinski definition) is 4. The average Bonchev–Trinajstić information content (AvgIpc) is 3.11. The Balaban J connectivity index is 1.69. The quantitative estimate of drug-likeness (QED) is 0.443. The van der Waals surface area contributed by atoms with E-state index in [0.717, 1.165) is 44.7 Å². The minimum atomic E-state index is -0.721. The average molecular weight is 429 g/mol. The molecule has 4 rings (SSSR count). The van der Waals surface area contributed by atoms with Crippen LogP contribution in [0.5, 0.6) is 5.88 Å². The third kappa shape index (κ3) is 4.08. The molecule has 6 nitrogen and oxygen atoms in total. The lowest BCUT2D eigenvalue weighted by Gasteiger charge is -2.17. The van der Waals surface area contributed by atoms with Gasteiger partial charge in [-0.2, -0.15) is 10.1 Å². The van der Waals surface area contributed by atoms with Crippen molar-refractivity contribution < 1.29 is 9.53 Å². The van der Waals surface area contributed by atoms with E-state index in [-0.39, 0.29) is 5.91 Å². The second kappa shape index (κ2) is 8.83. The number of carbonyl (C=O) groups excluding carboxylic acids is 1. The fourth-order valence-electron chi connectivity index (χ4n) is 3.93. The fourth-order valence-corrected chi connectivity index (χ4v) is 3.93. The molecule has 0 radical (unpaired) electrons. The van der Waals surface area contributed by atoms with Crippen LogP contribution in [-0.4, -0.2) is 26.8 Å². The second-order valence-corrected chi connectivity index (χ2v) is 7.99. The second-order valence-electron chi connectivity index (χ2n) is 7.99. The van der Waals surface area contributed by atoms with Crippen molar-refractivity contribution in [3.63, 3.8) is 0 Å². The third-order valence-corrected chi connectivity index (χ3v) is 5.63. The van der Waals surface area contributed by atoms with E-state index in [9.17, 15) is 4.79 Å². The maximum Gasteiger partial charge on any atom is 0.265 e. The van der Waals surface area contributed by atoms with E-state index >= 15 is 0 Å². The van der Waals surface area contributed by atoms with Gasteiger partial charge in [0.2, 0.25) is 5.88 Å². The number of amides is 1. The summed E-state index contributed by atoms with van der Waals surface area (Å²) in [4.78, 5) is 17.6. The first-order valence-electron chi connectivity index (χ1n) is 10.9. The van der Waals surface area contributed by atoms with Crippen LogP contribution in [0.3, 0.4) is 0 Å². The number of aryl methyl sites for hydroxylation is 4. The first-order chi connectivity index (χ1) is 15.4. The van der Waals surface area contributed by atoms with E-state index < -0.39 is 6.10 Å². The molecule has 0 saturated carbocycles. The highest BCUT2D eigenvalue weighted by Crippen LogP contribution is 2.33. The number of para-hydroxylation sites is 1. The van der Waals surface area contributed by atoms with Crippen LogP contribution in [-0.2, 0) is 11.3 Å². The van der Waals surface area contributed by atoms with E-state index in [0.29, 0.717) is 12.4 Å². The van der Waals surface area contributed by atoms with Gasteiger partial charge in [-0.1, -0.05) is 48.5 Å². The molecule has 1 atom stereocenters. The van der Waals surface area contributed by atoms with Crippen LogP contribution in [0.2, 0.25) is 0 Å². The molecular weight excluding hydrogens is 400 g/mol. The maximum atomic E-state index is 12.9. The normalized spacial score (nSPS) is 12.0. The van der Waals surface area contributed by atoms with Gasteiger partial charge in [0.05, 0.1) is 11.1 Å². The molecule has 0 fully saturated rings. The molecule has 0 spiro atoms. The summed E-state index contributed by atoms with van der Waals surface area (Å²) in [5, 5.41) is 8.64. The topological polar surface area (TPSA) is 69.0 Å². The molecule has 4 aromatic rings. The fraction of sp³-hybridized carbons (Fsp3) is 0.269. The highest BCUT2D eigenvalue weighted by Gasteiger charge is 2.21. The number of ether oxygens (including phenoxy) is 1. The summed E-state index contributed by atoms with van der Waals surface area (Å²) in [6.45, 7) is 10.4. The van der Waals surface area contributed by atoms with Crippen LogP contribution in [0.25, 0.3) is 22.2 Å². The summed E-state index contributed by atoms with van der Waals surface area (Å²) in [6.07, 6.45) is -0.721. The van der Waals surface area contributed by atoms with Gasteiger partial charge in [-0.3, -0.25) is 4.79 Å². The summed E-state index contributed by atoms with van der Waals surface area (Å²) in [5.74, 6) is 0.181. The molecule has 6 heteroatoms. The smallest absolute Gasteiger partial charge is 0.265 e. The van der Waals surface area contributed by atoms with Crippen LogP contribution in [0.1, 0.15) is 30.7 Å². The SMILES string of the molecule is CCn1nc(C)c2c(-c3ccccc3)cc(O[C@@H](C)C(=O)Nc3c(C)cccc3C)nc21. The minimum absolute atomic E-state index is 0.217. The maximum absolute atomic E-state index is 12.9. The summed E-state index contributed by atoms with van der Waals surface area (Å²) in [5.41, 5.74) is 6.56. The first-order valence-corrected chi connectivity index (χ1v) is 10.9. The number of nitrogens with zero attached hydrogens (tertiary/aromatic N) is 3. The number of carbonyl (C=O) groups is 1. The van der Waals surface area contributed by atoms with E-state index in [2.05, 4.69) is 22.5 Å². The van der Waals surface area contributed by atoms with Crippen LogP contribution < -0.4 is 10.1 Å². The zero-order chi connectivity index (χ0) is 22.8. The lowest BCUT2D eigenvalue weighted by molar-refractivity contribution is -0.122.